The van der Waals surface area contributed by atoms with Crippen molar-refractivity contribution in [3.8, 4) is 6.07 Å². The van der Waals surface area contributed by atoms with E-state index in [9.17, 15) is 14.9 Å². The minimum atomic E-state index is -0.804. The number of carbonyl (C=O) groups is 1. The third-order valence-electron chi connectivity index (χ3n) is 2.22. The standard InChI is InChI=1S/C11H10N2O5/c1-2-18-11(15)8-4-3-7(6-14)10(13(16)17)9(8)5-12/h3-4,14H,2,6H2,1H3. The summed E-state index contributed by atoms with van der Waals surface area (Å²) in [6.45, 7) is 1.09. The van der Waals surface area contributed by atoms with Gasteiger partial charge in [-0.15, -0.1) is 0 Å². The Bertz CT molecular complexity index is 533. The summed E-state index contributed by atoms with van der Waals surface area (Å²) in [7, 11) is 0. The molecule has 7 heteroatoms. The van der Waals surface area contributed by atoms with Crippen LogP contribution in [0.15, 0.2) is 12.1 Å². The number of hydrogen-bond acceptors (Lipinski definition) is 6. The zero-order valence-corrected chi connectivity index (χ0v) is 9.54. The lowest BCUT2D eigenvalue weighted by molar-refractivity contribution is -0.386. The Balaban J connectivity index is 3.49. The molecule has 0 aliphatic heterocycles. The van der Waals surface area contributed by atoms with Gasteiger partial charge in [0.1, 0.15) is 11.6 Å². The van der Waals surface area contributed by atoms with Crippen LogP contribution in [0.1, 0.15) is 28.4 Å². The molecule has 0 saturated carbocycles. The summed E-state index contributed by atoms with van der Waals surface area (Å²) in [5.74, 6) is -0.804. The molecular formula is C11H10N2O5. The number of aliphatic hydroxyl groups excluding tert-OH is 1. The number of hydrogen-bond donors (Lipinski definition) is 1. The van der Waals surface area contributed by atoms with Crippen LogP contribution in [-0.4, -0.2) is 22.6 Å². The minimum absolute atomic E-state index is 0.0235. The van der Waals surface area contributed by atoms with E-state index in [1.54, 1.807) is 13.0 Å². The predicted molar refractivity (Wildman–Crippen MR) is 59.7 cm³/mol. The molecule has 18 heavy (non-hydrogen) atoms. The number of nitro benzene ring substituents is 1. The molecule has 0 heterocycles. The third kappa shape index (κ3) is 2.44. The first-order valence-corrected chi connectivity index (χ1v) is 5.05. The first-order valence-electron chi connectivity index (χ1n) is 5.05. The number of esters is 1. The smallest absolute Gasteiger partial charge is 0.339 e. The molecule has 1 aromatic rings. The minimum Gasteiger partial charge on any atom is -0.462 e. The molecule has 0 spiro atoms. The molecule has 0 fully saturated rings. The van der Waals surface area contributed by atoms with Crippen LogP contribution in [0.2, 0.25) is 0 Å². The molecule has 0 aromatic heterocycles. The van der Waals surface area contributed by atoms with Gasteiger partial charge < -0.3 is 9.84 Å². The highest BCUT2D eigenvalue weighted by Gasteiger charge is 2.26. The second kappa shape index (κ2) is 5.75. The van der Waals surface area contributed by atoms with Crippen LogP contribution in [0.3, 0.4) is 0 Å². The van der Waals surface area contributed by atoms with Crippen molar-refractivity contribution in [3.05, 3.63) is 38.9 Å². The Morgan fingerprint density at radius 3 is 2.72 bits per heavy atom. The summed E-state index contributed by atoms with van der Waals surface area (Å²) < 4.78 is 4.70. The van der Waals surface area contributed by atoms with Crippen LogP contribution in [-0.2, 0) is 11.3 Å². The number of nitriles is 1. The summed E-state index contributed by atoms with van der Waals surface area (Å²) in [5, 5.41) is 28.8. The predicted octanol–water partition coefficient (Wildman–Crippen LogP) is 1.14. The highest BCUT2D eigenvalue weighted by atomic mass is 16.6. The number of carbonyl (C=O) groups excluding carboxylic acids is 1. The molecule has 0 atom stereocenters. The average molecular weight is 250 g/mol. The van der Waals surface area contributed by atoms with Crippen molar-refractivity contribution < 1.29 is 19.6 Å². The SMILES string of the molecule is CCOC(=O)c1ccc(CO)c([N+](=O)[O-])c1C#N. The van der Waals surface area contributed by atoms with Gasteiger partial charge in [-0.05, 0) is 19.1 Å². The molecule has 0 bridgehead atoms. The van der Waals surface area contributed by atoms with Crippen LogP contribution in [0, 0.1) is 21.4 Å². The van der Waals surface area contributed by atoms with E-state index >= 15 is 0 Å². The molecule has 1 rings (SSSR count). The highest BCUT2D eigenvalue weighted by Crippen LogP contribution is 2.27. The Kier molecular flexibility index (Phi) is 4.34. The Morgan fingerprint density at radius 1 is 1.61 bits per heavy atom. The van der Waals surface area contributed by atoms with Crippen molar-refractivity contribution in [1.82, 2.24) is 0 Å². The summed E-state index contributed by atoms with van der Waals surface area (Å²) in [6.07, 6.45) is 0. The van der Waals surface area contributed by atoms with Gasteiger partial charge in [0.15, 0.2) is 0 Å². The van der Waals surface area contributed by atoms with Crippen molar-refractivity contribution >= 4 is 11.7 Å². The average Bonchev–Trinajstić information content (AvgIpc) is 2.36. The van der Waals surface area contributed by atoms with E-state index in [4.69, 9.17) is 15.1 Å². The number of benzene rings is 1. The van der Waals surface area contributed by atoms with E-state index in [0.717, 1.165) is 0 Å². The van der Waals surface area contributed by atoms with Gasteiger partial charge >= 0.3 is 5.97 Å². The Morgan fingerprint density at radius 2 is 2.28 bits per heavy atom. The quantitative estimate of drug-likeness (QED) is 0.486. The van der Waals surface area contributed by atoms with Gasteiger partial charge in [-0.1, -0.05) is 0 Å². The molecule has 0 radical (unpaired) electrons. The second-order valence-corrected chi connectivity index (χ2v) is 3.24. The van der Waals surface area contributed by atoms with Crippen LogP contribution < -0.4 is 0 Å². The van der Waals surface area contributed by atoms with Crippen LogP contribution in [0.5, 0.6) is 0 Å². The van der Waals surface area contributed by atoms with Gasteiger partial charge in [0.05, 0.1) is 29.3 Å². The number of rotatable bonds is 4. The normalized spacial score (nSPS) is 9.61. The molecule has 7 nitrogen and oxygen atoms in total. The summed E-state index contributed by atoms with van der Waals surface area (Å²) in [5.41, 5.74) is -1.16. The molecule has 0 saturated heterocycles. The molecule has 0 aliphatic carbocycles. The zero-order chi connectivity index (χ0) is 13.7. The molecule has 0 amide bonds. The maximum Gasteiger partial charge on any atom is 0.339 e. The lowest BCUT2D eigenvalue weighted by Crippen LogP contribution is -2.10. The fraction of sp³-hybridized carbons (Fsp3) is 0.273. The van der Waals surface area contributed by atoms with Gasteiger partial charge in [-0.2, -0.15) is 5.26 Å². The molecule has 1 N–H and O–H groups in total. The Labute approximate surface area is 102 Å². The van der Waals surface area contributed by atoms with Gasteiger partial charge in [-0.25, -0.2) is 4.79 Å². The molecular weight excluding hydrogens is 240 g/mol. The number of nitro groups is 1. The lowest BCUT2D eigenvalue weighted by Gasteiger charge is -2.06. The topological polar surface area (TPSA) is 113 Å². The van der Waals surface area contributed by atoms with E-state index in [1.165, 1.54) is 12.1 Å². The number of nitrogens with zero attached hydrogens (tertiary/aromatic N) is 2. The molecule has 0 aliphatic rings. The molecule has 0 unspecified atom stereocenters. The van der Waals surface area contributed by atoms with E-state index in [2.05, 4.69) is 0 Å². The van der Waals surface area contributed by atoms with Crippen LogP contribution in [0.4, 0.5) is 5.69 Å². The molecule has 1 aromatic carbocycles. The second-order valence-electron chi connectivity index (χ2n) is 3.24. The van der Waals surface area contributed by atoms with E-state index < -0.39 is 28.8 Å². The van der Waals surface area contributed by atoms with Crippen LogP contribution >= 0.6 is 0 Å². The fourth-order valence-electron chi connectivity index (χ4n) is 1.46. The number of aliphatic hydroxyl groups is 1. The first kappa shape index (κ1) is 13.6. The van der Waals surface area contributed by atoms with E-state index in [0.29, 0.717) is 0 Å². The summed E-state index contributed by atoms with van der Waals surface area (Å²) in [6, 6.07) is 4.06. The monoisotopic (exact) mass is 250 g/mol. The third-order valence-corrected chi connectivity index (χ3v) is 2.22. The number of ether oxygens (including phenoxy) is 1. The van der Waals surface area contributed by atoms with E-state index in [1.807, 2.05) is 0 Å². The summed E-state index contributed by atoms with van der Waals surface area (Å²) >= 11 is 0. The summed E-state index contributed by atoms with van der Waals surface area (Å²) in [4.78, 5) is 21.6. The highest BCUT2D eigenvalue weighted by molar-refractivity contribution is 5.94. The maximum absolute atomic E-state index is 11.5. The molecule has 94 valence electrons. The van der Waals surface area contributed by atoms with Gasteiger partial charge in [0.25, 0.3) is 5.69 Å². The van der Waals surface area contributed by atoms with Gasteiger partial charge in [0.2, 0.25) is 0 Å². The van der Waals surface area contributed by atoms with Crippen molar-refractivity contribution in [3.63, 3.8) is 0 Å². The lowest BCUT2D eigenvalue weighted by atomic mass is 10.0. The van der Waals surface area contributed by atoms with Crippen LogP contribution in [0.25, 0.3) is 0 Å². The maximum atomic E-state index is 11.5. The van der Waals surface area contributed by atoms with Crippen molar-refractivity contribution in [2.24, 2.45) is 0 Å². The van der Waals surface area contributed by atoms with E-state index in [-0.39, 0.29) is 17.7 Å². The fourth-order valence-corrected chi connectivity index (χ4v) is 1.46. The Hall–Kier alpha value is -2.46. The van der Waals surface area contributed by atoms with Crippen molar-refractivity contribution in [2.75, 3.05) is 6.61 Å². The van der Waals surface area contributed by atoms with Crippen molar-refractivity contribution in [2.45, 2.75) is 13.5 Å². The van der Waals surface area contributed by atoms with Gasteiger partial charge in [0, 0.05) is 0 Å². The van der Waals surface area contributed by atoms with Crippen molar-refractivity contribution in [1.29, 1.82) is 5.26 Å². The van der Waals surface area contributed by atoms with Gasteiger partial charge in [-0.3, -0.25) is 10.1 Å². The largest absolute Gasteiger partial charge is 0.462 e. The first-order chi connectivity index (χ1) is 8.56. The zero-order valence-electron chi connectivity index (χ0n) is 9.54.